The maximum atomic E-state index is 10.7. The Hall–Kier alpha value is -0.620. The molecule has 1 aromatic rings. The van der Waals surface area contributed by atoms with Crippen molar-refractivity contribution in [3.63, 3.8) is 0 Å². The largest absolute Gasteiger partial charge is 0.479 e. The minimum absolute atomic E-state index is 0.337. The first-order valence-electron chi connectivity index (χ1n) is 3.77. The molecule has 0 bridgehead atoms. The molecule has 1 rings (SSSR count). The summed E-state index contributed by atoms with van der Waals surface area (Å²) in [6.45, 7) is 0. The van der Waals surface area contributed by atoms with Gasteiger partial charge < -0.3 is 10.8 Å². The van der Waals surface area contributed by atoms with Crippen molar-refractivity contribution in [1.82, 2.24) is 0 Å². The highest BCUT2D eigenvalue weighted by atomic mass is 127. The van der Waals surface area contributed by atoms with Crippen molar-refractivity contribution in [2.24, 2.45) is 5.73 Å². The Bertz CT molecular complexity index is 298. The number of benzene rings is 1. The Kier molecular flexibility index (Phi) is 3.27. The summed E-state index contributed by atoms with van der Waals surface area (Å²) in [5, 5.41) is 8.77. The number of alkyl halides is 1. The fraction of sp³-hybridized carbons (Fsp3) is 0.222. The average molecular weight is 291 g/mol. The fourth-order valence-corrected chi connectivity index (χ4v) is 1.41. The van der Waals surface area contributed by atoms with E-state index in [0.29, 0.717) is 6.42 Å². The van der Waals surface area contributed by atoms with Gasteiger partial charge in [0.25, 0.3) is 0 Å². The standard InChI is InChI=1S/C9H10INO2/c10-9(11,8(12)13)6-7-4-2-1-3-5-7/h1-5H,6,11H2,(H,12,13)/t9-/m1/s1. The molecule has 0 fully saturated rings. The van der Waals surface area contributed by atoms with Crippen molar-refractivity contribution >= 4 is 28.6 Å². The predicted octanol–water partition coefficient (Wildman–Crippen LogP) is 1.40. The van der Waals surface area contributed by atoms with Crippen molar-refractivity contribution in [3.05, 3.63) is 35.9 Å². The molecule has 0 spiro atoms. The molecule has 70 valence electrons. The van der Waals surface area contributed by atoms with Crippen molar-refractivity contribution in [3.8, 4) is 0 Å². The summed E-state index contributed by atoms with van der Waals surface area (Å²) in [6, 6.07) is 9.34. The molecule has 0 aliphatic heterocycles. The van der Waals surface area contributed by atoms with Crippen molar-refractivity contribution in [1.29, 1.82) is 0 Å². The Morgan fingerprint density at radius 3 is 2.46 bits per heavy atom. The third-order valence-corrected chi connectivity index (χ3v) is 2.50. The van der Waals surface area contributed by atoms with E-state index < -0.39 is 9.51 Å². The van der Waals surface area contributed by atoms with Gasteiger partial charge in [0.2, 0.25) is 0 Å². The van der Waals surface area contributed by atoms with E-state index >= 15 is 0 Å². The number of aliphatic carboxylic acids is 1. The molecule has 1 aromatic carbocycles. The molecule has 3 nitrogen and oxygen atoms in total. The van der Waals surface area contributed by atoms with Crippen LogP contribution in [0.3, 0.4) is 0 Å². The molecule has 0 aromatic heterocycles. The summed E-state index contributed by atoms with van der Waals surface area (Å²) < 4.78 is -1.21. The number of carboxylic acids is 1. The van der Waals surface area contributed by atoms with Crippen LogP contribution in [0.1, 0.15) is 5.56 Å². The van der Waals surface area contributed by atoms with Gasteiger partial charge in [0.05, 0.1) is 0 Å². The number of hydrogen-bond donors (Lipinski definition) is 2. The third kappa shape index (κ3) is 2.96. The minimum atomic E-state index is -1.21. The lowest BCUT2D eigenvalue weighted by atomic mass is 10.1. The van der Waals surface area contributed by atoms with Gasteiger partial charge in [-0.2, -0.15) is 0 Å². The van der Waals surface area contributed by atoms with Crippen molar-refractivity contribution < 1.29 is 9.90 Å². The first-order valence-corrected chi connectivity index (χ1v) is 4.85. The molecule has 0 radical (unpaired) electrons. The number of carboxylic acid groups (broad SMARTS) is 1. The van der Waals surface area contributed by atoms with Gasteiger partial charge in [-0.05, 0) is 28.2 Å². The smallest absolute Gasteiger partial charge is 0.334 e. The molecular formula is C9H10INO2. The third-order valence-electron chi connectivity index (χ3n) is 1.66. The molecule has 0 unspecified atom stereocenters. The Morgan fingerprint density at radius 1 is 1.46 bits per heavy atom. The van der Waals surface area contributed by atoms with E-state index in [1.807, 2.05) is 30.3 Å². The van der Waals surface area contributed by atoms with E-state index in [1.165, 1.54) is 0 Å². The number of nitrogens with two attached hydrogens (primary N) is 1. The predicted molar refractivity (Wildman–Crippen MR) is 58.7 cm³/mol. The molecule has 4 heteroatoms. The zero-order valence-corrected chi connectivity index (χ0v) is 9.06. The summed E-state index contributed by atoms with van der Waals surface area (Å²) in [7, 11) is 0. The van der Waals surface area contributed by atoms with Crippen LogP contribution in [0.5, 0.6) is 0 Å². The quantitative estimate of drug-likeness (QED) is 0.503. The maximum absolute atomic E-state index is 10.7. The molecule has 0 saturated heterocycles. The summed E-state index contributed by atoms with van der Waals surface area (Å²) in [5.41, 5.74) is 6.51. The van der Waals surface area contributed by atoms with Crippen LogP contribution >= 0.6 is 22.6 Å². The highest BCUT2D eigenvalue weighted by Crippen LogP contribution is 2.18. The second-order valence-electron chi connectivity index (χ2n) is 2.83. The lowest BCUT2D eigenvalue weighted by molar-refractivity contribution is -0.139. The summed E-state index contributed by atoms with van der Waals surface area (Å²) in [6.07, 6.45) is 0.337. The van der Waals surface area contributed by atoms with E-state index in [2.05, 4.69) is 0 Å². The fourth-order valence-electron chi connectivity index (χ4n) is 0.969. The van der Waals surface area contributed by atoms with Crippen LogP contribution < -0.4 is 5.73 Å². The zero-order chi connectivity index (χ0) is 9.90. The van der Waals surface area contributed by atoms with E-state index in [9.17, 15) is 4.79 Å². The molecule has 1 atom stereocenters. The highest BCUT2D eigenvalue weighted by molar-refractivity contribution is 14.1. The van der Waals surface area contributed by atoms with Gasteiger partial charge in [0.15, 0.2) is 3.55 Å². The summed E-state index contributed by atoms with van der Waals surface area (Å²) in [5.74, 6) is -0.989. The Labute approximate surface area is 90.1 Å². The first-order chi connectivity index (χ1) is 6.02. The van der Waals surface area contributed by atoms with Gasteiger partial charge >= 0.3 is 5.97 Å². The summed E-state index contributed by atoms with van der Waals surface area (Å²) in [4.78, 5) is 10.7. The highest BCUT2D eigenvalue weighted by Gasteiger charge is 2.30. The Morgan fingerprint density at radius 2 is 2.00 bits per heavy atom. The molecule has 0 aliphatic rings. The van der Waals surface area contributed by atoms with Gasteiger partial charge in [0, 0.05) is 6.42 Å². The van der Waals surface area contributed by atoms with E-state index in [4.69, 9.17) is 10.8 Å². The van der Waals surface area contributed by atoms with Crippen LogP contribution in [-0.4, -0.2) is 14.6 Å². The lowest BCUT2D eigenvalue weighted by Crippen LogP contribution is -2.43. The van der Waals surface area contributed by atoms with Gasteiger partial charge in [-0.25, -0.2) is 4.79 Å². The zero-order valence-electron chi connectivity index (χ0n) is 6.90. The van der Waals surface area contributed by atoms with Crippen LogP contribution in [0.2, 0.25) is 0 Å². The van der Waals surface area contributed by atoms with Gasteiger partial charge in [-0.3, -0.25) is 0 Å². The van der Waals surface area contributed by atoms with Crippen LogP contribution in [0, 0.1) is 0 Å². The first kappa shape index (κ1) is 10.5. The van der Waals surface area contributed by atoms with Crippen LogP contribution in [-0.2, 0) is 11.2 Å². The monoisotopic (exact) mass is 291 g/mol. The minimum Gasteiger partial charge on any atom is -0.479 e. The molecule has 0 aliphatic carbocycles. The van der Waals surface area contributed by atoms with E-state index in [1.54, 1.807) is 22.6 Å². The average Bonchev–Trinajstić information content (AvgIpc) is 2.05. The second kappa shape index (κ2) is 4.06. The number of rotatable bonds is 3. The van der Waals surface area contributed by atoms with E-state index in [0.717, 1.165) is 5.56 Å². The van der Waals surface area contributed by atoms with Gasteiger partial charge in [-0.1, -0.05) is 30.3 Å². The topological polar surface area (TPSA) is 63.3 Å². The number of carbonyl (C=O) groups is 1. The summed E-state index contributed by atoms with van der Waals surface area (Å²) >= 11 is 1.75. The second-order valence-corrected chi connectivity index (χ2v) is 4.75. The maximum Gasteiger partial charge on any atom is 0.334 e. The van der Waals surface area contributed by atoms with E-state index in [-0.39, 0.29) is 0 Å². The number of hydrogen-bond acceptors (Lipinski definition) is 2. The normalized spacial score (nSPS) is 14.9. The molecule has 13 heavy (non-hydrogen) atoms. The van der Waals surface area contributed by atoms with Crippen molar-refractivity contribution in [2.75, 3.05) is 0 Å². The molecular weight excluding hydrogens is 281 g/mol. The number of halogens is 1. The van der Waals surface area contributed by atoms with Crippen LogP contribution in [0.25, 0.3) is 0 Å². The molecule has 0 saturated carbocycles. The molecule has 3 N–H and O–H groups in total. The Balaban J connectivity index is 2.75. The SMILES string of the molecule is N[C@](I)(Cc1ccccc1)C(=O)O. The molecule has 0 heterocycles. The van der Waals surface area contributed by atoms with Crippen molar-refractivity contribution in [2.45, 2.75) is 9.97 Å². The molecule has 0 amide bonds. The van der Waals surface area contributed by atoms with Gasteiger partial charge in [-0.15, -0.1) is 0 Å². The van der Waals surface area contributed by atoms with Crippen LogP contribution in [0.15, 0.2) is 30.3 Å². The lowest BCUT2D eigenvalue weighted by Gasteiger charge is -2.16. The van der Waals surface area contributed by atoms with Crippen LogP contribution in [0.4, 0.5) is 0 Å². The van der Waals surface area contributed by atoms with Gasteiger partial charge in [0.1, 0.15) is 0 Å².